The summed E-state index contributed by atoms with van der Waals surface area (Å²) in [6, 6.07) is 19.3. The standard InChI is InChI=1S/C24H25ClN2O3S/c1-17-8-11-21(12-9-17)31(29,30)27-23-13-10-20(16-22(23)25)24(28)26-14-4-7-19-6-3-5-18(2)15-19/h3,5-6,8-13,15-16,27H,4,7,14H2,1-2H3,(H,26,28). The van der Waals surface area contributed by atoms with E-state index in [1.807, 2.05) is 13.0 Å². The SMILES string of the molecule is Cc1ccc(S(=O)(=O)Nc2ccc(C(=O)NCCCc3cccc(C)c3)cc2Cl)cc1. The number of carbonyl (C=O) groups is 1. The first-order valence-electron chi connectivity index (χ1n) is 9.97. The van der Waals surface area contributed by atoms with Crippen molar-refractivity contribution >= 4 is 33.2 Å². The van der Waals surface area contributed by atoms with Gasteiger partial charge in [0.25, 0.3) is 15.9 Å². The van der Waals surface area contributed by atoms with E-state index in [-0.39, 0.29) is 21.5 Å². The van der Waals surface area contributed by atoms with Crippen LogP contribution in [0.25, 0.3) is 0 Å². The van der Waals surface area contributed by atoms with E-state index in [1.165, 1.54) is 35.4 Å². The molecule has 3 rings (SSSR count). The summed E-state index contributed by atoms with van der Waals surface area (Å²) in [7, 11) is -3.77. The molecule has 31 heavy (non-hydrogen) atoms. The Balaban J connectivity index is 1.58. The first-order chi connectivity index (χ1) is 14.7. The van der Waals surface area contributed by atoms with Crippen LogP contribution in [0.4, 0.5) is 5.69 Å². The van der Waals surface area contributed by atoms with Crippen molar-refractivity contribution in [1.29, 1.82) is 0 Å². The summed E-state index contributed by atoms with van der Waals surface area (Å²) >= 11 is 6.24. The zero-order valence-corrected chi connectivity index (χ0v) is 19.1. The van der Waals surface area contributed by atoms with Gasteiger partial charge in [0.05, 0.1) is 15.6 Å². The third kappa shape index (κ3) is 6.32. The lowest BCUT2D eigenvalue weighted by Gasteiger charge is -2.11. The number of halogens is 1. The van der Waals surface area contributed by atoms with Crippen LogP contribution < -0.4 is 10.0 Å². The van der Waals surface area contributed by atoms with Gasteiger partial charge in [0.15, 0.2) is 0 Å². The van der Waals surface area contributed by atoms with Gasteiger partial charge in [0.1, 0.15) is 0 Å². The number of carbonyl (C=O) groups excluding carboxylic acids is 1. The fourth-order valence-corrected chi connectivity index (χ4v) is 4.49. The molecule has 0 fully saturated rings. The van der Waals surface area contributed by atoms with Crippen LogP contribution in [-0.2, 0) is 16.4 Å². The van der Waals surface area contributed by atoms with Crippen LogP contribution in [0.15, 0.2) is 71.6 Å². The van der Waals surface area contributed by atoms with E-state index in [1.54, 1.807) is 18.2 Å². The Morgan fingerprint density at radius 3 is 2.35 bits per heavy atom. The molecule has 1 amide bonds. The second-order valence-corrected chi connectivity index (χ2v) is 9.55. The highest BCUT2D eigenvalue weighted by Crippen LogP contribution is 2.26. The highest BCUT2D eigenvalue weighted by Gasteiger charge is 2.16. The molecule has 0 aromatic heterocycles. The van der Waals surface area contributed by atoms with Gasteiger partial charge in [-0.25, -0.2) is 8.42 Å². The molecule has 0 bridgehead atoms. The first kappa shape index (κ1) is 22.8. The monoisotopic (exact) mass is 456 g/mol. The quantitative estimate of drug-likeness (QED) is 0.462. The topological polar surface area (TPSA) is 75.3 Å². The van der Waals surface area contributed by atoms with Gasteiger partial charge in [-0.3, -0.25) is 9.52 Å². The largest absolute Gasteiger partial charge is 0.352 e. The highest BCUT2D eigenvalue weighted by atomic mass is 35.5. The van der Waals surface area contributed by atoms with Crippen molar-refractivity contribution in [2.24, 2.45) is 0 Å². The zero-order valence-electron chi connectivity index (χ0n) is 17.5. The molecule has 0 aliphatic carbocycles. The molecule has 0 radical (unpaired) electrons. The van der Waals surface area contributed by atoms with Crippen molar-refractivity contribution in [3.63, 3.8) is 0 Å². The molecular weight excluding hydrogens is 432 g/mol. The van der Waals surface area contributed by atoms with Gasteiger partial charge in [-0.1, -0.05) is 59.1 Å². The number of sulfonamides is 1. The lowest BCUT2D eigenvalue weighted by Crippen LogP contribution is -2.24. The fraction of sp³-hybridized carbons (Fsp3) is 0.208. The van der Waals surface area contributed by atoms with Gasteiger partial charge in [-0.15, -0.1) is 0 Å². The van der Waals surface area contributed by atoms with Crippen molar-refractivity contribution in [2.75, 3.05) is 11.3 Å². The van der Waals surface area contributed by atoms with Gasteiger partial charge in [0.2, 0.25) is 0 Å². The van der Waals surface area contributed by atoms with Crippen LogP contribution >= 0.6 is 11.6 Å². The second-order valence-electron chi connectivity index (χ2n) is 7.46. The van der Waals surface area contributed by atoms with E-state index in [0.29, 0.717) is 12.1 Å². The molecule has 0 heterocycles. The maximum Gasteiger partial charge on any atom is 0.261 e. The number of nitrogens with one attached hydrogen (secondary N) is 2. The highest BCUT2D eigenvalue weighted by molar-refractivity contribution is 7.92. The Bertz CT molecular complexity index is 1180. The summed E-state index contributed by atoms with van der Waals surface area (Å²) in [4.78, 5) is 12.5. The third-order valence-corrected chi connectivity index (χ3v) is 6.51. The van der Waals surface area contributed by atoms with Gasteiger partial charge in [-0.2, -0.15) is 0 Å². The number of rotatable bonds is 8. The summed E-state index contributed by atoms with van der Waals surface area (Å²) in [6.07, 6.45) is 1.69. The van der Waals surface area contributed by atoms with E-state index in [2.05, 4.69) is 35.2 Å². The minimum atomic E-state index is -3.77. The maximum atomic E-state index is 12.5. The van der Waals surface area contributed by atoms with E-state index < -0.39 is 10.0 Å². The molecule has 0 aliphatic heterocycles. The average molecular weight is 457 g/mol. The number of hydrogen-bond donors (Lipinski definition) is 2. The lowest BCUT2D eigenvalue weighted by molar-refractivity contribution is 0.0953. The molecule has 162 valence electrons. The lowest BCUT2D eigenvalue weighted by atomic mass is 10.1. The Kier molecular flexibility index (Phi) is 7.36. The van der Waals surface area contributed by atoms with E-state index >= 15 is 0 Å². The van der Waals surface area contributed by atoms with Gasteiger partial charge < -0.3 is 5.32 Å². The molecular formula is C24H25ClN2O3S. The van der Waals surface area contributed by atoms with Crippen LogP contribution in [0.1, 0.15) is 33.5 Å². The summed E-state index contributed by atoms with van der Waals surface area (Å²) in [5.41, 5.74) is 4.01. The molecule has 0 saturated heterocycles. The first-order valence-corrected chi connectivity index (χ1v) is 11.8. The molecule has 0 unspecified atom stereocenters. The summed E-state index contributed by atoms with van der Waals surface area (Å²) < 4.78 is 27.6. The Morgan fingerprint density at radius 2 is 1.68 bits per heavy atom. The molecule has 3 aromatic carbocycles. The summed E-state index contributed by atoms with van der Waals surface area (Å²) in [5.74, 6) is -0.251. The number of hydrogen-bond acceptors (Lipinski definition) is 3. The summed E-state index contributed by atoms with van der Waals surface area (Å²) in [5, 5.41) is 3.03. The van der Waals surface area contributed by atoms with Crippen LogP contribution in [0.2, 0.25) is 5.02 Å². The summed E-state index contributed by atoms with van der Waals surface area (Å²) in [6.45, 7) is 4.47. The van der Waals surface area contributed by atoms with E-state index in [9.17, 15) is 13.2 Å². The normalized spacial score (nSPS) is 11.2. The molecule has 0 spiro atoms. The van der Waals surface area contributed by atoms with Crippen molar-refractivity contribution < 1.29 is 13.2 Å². The molecule has 5 nitrogen and oxygen atoms in total. The minimum Gasteiger partial charge on any atom is -0.352 e. The van der Waals surface area contributed by atoms with Crippen molar-refractivity contribution in [3.8, 4) is 0 Å². The van der Waals surface area contributed by atoms with Gasteiger partial charge in [0, 0.05) is 12.1 Å². The number of benzene rings is 3. The average Bonchev–Trinajstić information content (AvgIpc) is 2.73. The molecule has 0 atom stereocenters. The minimum absolute atomic E-state index is 0.143. The fourth-order valence-electron chi connectivity index (χ4n) is 3.12. The third-order valence-electron chi connectivity index (χ3n) is 4.82. The molecule has 3 aromatic rings. The number of amides is 1. The van der Waals surface area contributed by atoms with E-state index in [0.717, 1.165) is 18.4 Å². The zero-order chi connectivity index (χ0) is 22.4. The van der Waals surface area contributed by atoms with Crippen LogP contribution in [0.3, 0.4) is 0 Å². The maximum absolute atomic E-state index is 12.5. The van der Waals surface area contributed by atoms with E-state index in [4.69, 9.17) is 11.6 Å². The number of aryl methyl sites for hydroxylation is 3. The van der Waals surface area contributed by atoms with Crippen molar-refractivity contribution in [1.82, 2.24) is 5.32 Å². The van der Waals surface area contributed by atoms with Gasteiger partial charge >= 0.3 is 0 Å². The molecule has 0 saturated carbocycles. The van der Waals surface area contributed by atoms with Crippen molar-refractivity contribution in [2.45, 2.75) is 31.6 Å². The second kappa shape index (κ2) is 9.98. The van der Waals surface area contributed by atoms with Crippen LogP contribution in [0, 0.1) is 13.8 Å². The van der Waals surface area contributed by atoms with Gasteiger partial charge in [-0.05, 0) is 62.6 Å². The Labute approximate surface area is 188 Å². The smallest absolute Gasteiger partial charge is 0.261 e. The Morgan fingerprint density at radius 1 is 0.935 bits per heavy atom. The molecule has 2 N–H and O–H groups in total. The molecule has 7 heteroatoms. The predicted octanol–water partition coefficient (Wildman–Crippen LogP) is 5.12. The molecule has 0 aliphatic rings. The number of anilines is 1. The van der Waals surface area contributed by atoms with Crippen molar-refractivity contribution in [3.05, 3.63) is 94.0 Å². The Hall–Kier alpha value is -2.83. The van der Waals surface area contributed by atoms with Crippen LogP contribution in [0.5, 0.6) is 0 Å². The van der Waals surface area contributed by atoms with Crippen LogP contribution in [-0.4, -0.2) is 20.9 Å². The predicted molar refractivity (Wildman–Crippen MR) is 125 cm³/mol.